The van der Waals surface area contributed by atoms with Gasteiger partial charge in [-0.25, -0.2) is 8.42 Å². The number of alkyl halides is 3. The summed E-state index contributed by atoms with van der Waals surface area (Å²) in [5.41, 5.74) is 0. The summed E-state index contributed by atoms with van der Waals surface area (Å²) in [5.74, 6) is 0.453. The molecule has 0 radical (unpaired) electrons. The summed E-state index contributed by atoms with van der Waals surface area (Å²) < 4.78 is 72.2. The highest BCUT2D eigenvalue weighted by Gasteiger charge is 2.32. The van der Waals surface area contributed by atoms with E-state index in [1.165, 1.54) is 4.31 Å². The Hall–Kier alpha value is -2.18. The van der Waals surface area contributed by atoms with E-state index in [1.54, 1.807) is 6.92 Å². The molecule has 8 nitrogen and oxygen atoms in total. The number of piperazine rings is 1. The molecule has 1 fully saturated rings. The molecule has 1 aromatic carbocycles. The van der Waals surface area contributed by atoms with Crippen LogP contribution in [0.5, 0.6) is 5.75 Å². The van der Waals surface area contributed by atoms with Crippen molar-refractivity contribution in [1.82, 2.24) is 19.4 Å². The van der Waals surface area contributed by atoms with Crippen molar-refractivity contribution >= 4 is 10.0 Å². The lowest BCUT2D eigenvalue weighted by Crippen LogP contribution is -2.48. The van der Waals surface area contributed by atoms with Crippen molar-refractivity contribution in [1.29, 1.82) is 0 Å². The van der Waals surface area contributed by atoms with Gasteiger partial charge in [-0.05, 0) is 24.3 Å². The fourth-order valence-corrected chi connectivity index (χ4v) is 4.11. The van der Waals surface area contributed by atoms with E-state index < -0.39 is 22.1 Å². The molecule has 148 valence electrons. The molecule has 0 unspecified atom stereocenters. The van der Waals surface area contributed by atoms with Gasteiger partial charge in [0.15, 0.2) is 0 Å². The first kappa shape index (κ1) is 19.6. The minimum atomic E-state index is -4.83. The summed E-state index contributed by atoms with van der Waals surface area (Å²) in [5, 5.41) is 7.65. The maximum absolute atomic E-state index is 12.7. The Kier molecular flexibility index (Phi) is 5.40. The van der Waals surface area contributed by atoms with Crippen molar-refractivity contribution < 1.29 is 30.7 Å². The number of hydrogen-bond donors (Lipinski definition) is 0. The summed E-state index contributed by atoms with van der Waals surface area (Å²) >= 11 is 0. The van der Waals surface area contributed by atoms with Gasteiger partial charge in [0.25, 0.3) is 0 Å². The third-order valence-electron chi connectivity index (χ3n) is 3.95. The second-order valence-corrected chi connectivity index (χ2v) is 7.85. The van der Waals surface area contributed by atoms with Gasteiger partial charge in [-0.3, -0.25) is 4.90 Å². The number of benzene rings is 1. The molecule has 12 heteroatoms. The Morgan fingerprint density at radius 1 is 1.11 bits per heavy atom. The lowest BCUT2D eigenvalue weighted by molar-refractivity contribution is -0.274. The minimum absolute atomic E-state index is 0.0852. The fourth-order valence-electron chi connectivity index (χ4n) is 2.68. The number of nitrogens with zero attached hydrogens (tertiary/aromatic N) is 4. The lowest BCUT2D eigenvalue weighted by Gasteiger charge is -2.33. The van der Waals surface area contributed by atoms with E-state index in [0.717, 1.165) is 24.3 Å². The van der Waals surface area contributed by atoms with Gasteiger partial charge in [-0.15, -0.1) is 23.4 Å². The minimum Gasteiger partial charge on any atom is -0.424 e. The monoisotopic (exact) mass is 406 g/mol. The Labute approximate surface area is 153 Å². The number of rotatable bonds is 5. The van der Waals surface area contributed by atoms with Crippen LogP contribution in [0.2, 0.25) is 0 Å². The van der Waals surface area contributed by atoms with Crippen LogP contribution in [0.15, 0.2) is 33.6 Å². The standard InChI is InChI=1S/C15H17F3N4O4S/c1-11-19-20-14(25-11)10-21-6-8-22(9-7-21)27(23,24)13-4-2-12(3-5-13)26-15(16,17)18/h2-5H,6-10H2,1H3. The molecule has 27 heavy (non-hydrogen) atoms. The number of aryl methyl sites for hydroxylation is 1. The largest absolute Gasteiger partial charge is 0.573 e. The first-order chi connectivity index (χ1) is 12.6. The summed E-state index contributed by atoms with van der Waals surface area (Å²) in [6, 6.07) is 4.16. The highest BCUT2D eigenvalue weighted by Crippen LogP contribution is 2.25. The molecular weight excluding hydrogens is 389 g/mol. The van der Waals surface area contributed by atoms with Crippen LogP contribution in [-0.2, 0) is 16.6 Å². The average Bonchev–Trinajstić information content (AvgIpc) is 2.99. The second kappa shape index (κ2) is 7.44. The molecular formula is C15H17F3N4O4S. The SMILES string of the molecule is Cc1nnc(CN2CCN(S(=O)(=O)c3ccc(OC(F)(F)F)cc3)CC2)o1. The van der Waals surface area contributed by atoms with Gasteiger partial charge in [0.1, 0.15) is 5.75 Å². The second-order valence-electron chi connectivity index (χ2n) is 5.91. The van der Waals surface area contributed by atoms with Crippen molar-refractivity contribution in [2.24, 2.45) is 0 Å². The number of hydrogen-bond acceptors (Lipinski definition) is 7. The van der Waals surface area contributed by atoms with Gasteiger partial charge in [-0.2, -0.15) is 4.31 Å². The van der Waals surface area contributed by atoms with Crippen LogP contribution >= 0.6 is 0 Å². The van der Waals surface area contributed by atoms with Crippen LogP contribution in [0.25, 0.3) is 0 Å². The molecule has 0 spiro atoms. The van der Waals surface area contributed by atoms with Gasteiger partial charge in [0, 0.05) is 33.1 Å². The number of sulfonamides is 1. The van der Waals surface area contributed by atoms with Crippen LogP contribution < -0.4 is 4.74 Å². The molecule has 2 aromatic rings. The van der Waals surface area contributed by atoms with Crippen molar-refractivity contribution in [2.45, 2.75) is 24.7 Å². The Morgan fingerprint density at radius 2 is 1.74 bits per heavy atom. The molecule has 0 aliphatic carbocycles. The van der Waals surface area contributed by atoms with E-state index >= 15 is 0 Å². The first-order valence-corrected chi connectivity index (χ1v) is 9.45. The Balaban J connectivity index is 1.61. The zero-order chi connectivity index (χ0) is 19.7. The van der Waals surface area contributed by atoms with Crippen molar-refractivity contribution in [3.8, 4) is 5.75 Å². The smallest absolute Gasteiger partial charge is 0.424 e. The molecule has 0 amide bonds. The maximum Gasteiger partial charge on any atom is 0.573 e. The van der Waals surface area contributed by atoms with E-state index in [4.69, 9.17) is 4.42 Å². The maximum atomic E-state index is 12.7. The first-order valence-electron chi connectivity index (χ1n) is 8.01. The van der Waals surface area contributed by atoms with E-state index in [-0.39, 0.29) is 18.0 Å². The Bertz CT molecular complexity index is 875. The molecule has 1 aliphatic heterocycles. The number of aromatic nitrogens is 2. The topological polar surface area (TPSA) is 88.8 Å². The molecule has 0 atom stereocenters. The van der Waals surface area contributed by atoms with Gasteiger partial charge in [0.05, 0.1) is 11.4 Å². The third kappa shape index (κ3) is 4.96. The quantitative estimate of drug-likeness (QED) is 0.748. The lowest BCUT2D eigenvalue weighted by atomic mass is 10.3. The van der Waals surface area contributed by atoms with Crippen LogP contribution in [-0.4, -0.2) is 60.4 Å². The predicted molar refractivity (Wildman–Crippen MR) is 86.2 cm³/mol. The Morgan fingerprint density at radius 3 is 2.26 bits per heavy atom. The molecule has 0 saturated carbocycles. The van der Waals surface area contributed by atoms with Gasteiger partial charge in [-0.1, -0.05) is 0 Å². The normalized spacial score (nSPS) is 17.2. The highest BCUT2D eigenvalue weighted by molar-refractivity contribution is 7.89. The summed E-state index contributed by atoms with van der Waals surface area (Å²) in [4.78, 5) is 1.90. The van der Waals surface area contributed by atoms with E-state index in [1.807, 2.05) is 4.90 Å². The molecule has 2 heterocycles. The molecule has 1 aliphatic rings. The molecule has 1 saturated heterocycles. The zero-order valence-corrected chi connectivity index (χ0v) is 15.1. The van der Waals surface area contributed by atoms with Crippen LogP contribution in [0, 0.1) is 6.92 Å². The zero-order valence-electron chi connectivity index (χ0n) is 14.3. The third-order valence-corrected chi connectivity index (χ3v) is 5.87. The predicted octanol–water partition coefficient (Wildman–Crippen LogP) is 1.78. The van der Waals surface area contributed by atoms with E-state index in [9.17, 15) is 21.6 Å². The molecule has 0 N–H and O–H groups in total. The van der Waals surface area contributed by atoms with Gasteiger partial charge >= 0.3 is 6.36 Å². The summed E-state index contributed by atoms with van der Waals surface area (Å²) in [6.45, 7) is 3.54. The van der Waals surface area contributed by atoms with Crippen molar-refractivity contribution in [3.05, 3.63) is 36.0 Å². The van der Waals surface area contributed by atoms with E-state index in [0.29, 0.717) is 31.4 Å². The van der Waals surface area contributed by atoms with Crippen molar-refractivity contribution in [2.75, 3.05) is 26.2 Å². The molecule has 0 bridgehead atoms. The van der Waals surface area contributed by atoms with Crippen LogP contribution in [0.3, 0.4) is 0 Å². The summed E-state index contributed by atoms with van der Waals surface area (Å²) in [7, 11) is -3.80. The van der Waals surface area contributed by atoms with Crippen molar-refractivity contribution in [3.63, 3.8) is 0 Å². The fraction of sp³-hybridized carbons (Fsp3) is 0.467. The van der Waals surface area contributed by atoms with Gasteiger partial charge in [0.2, 0.25) is 21.8 Å². The number of halogens is 3. The molecule has 1 aromatic heterocycles. The molecule has 3 rings (SSSR count). The van der Waals surface area contributed by atoms with Crippen LogP contribution in [0.4, 0.5) is 13.2 Å². The van der Waals surface area contributed by atoms with Crippen LogP contribution in [0.1, 0.15) is 11.8 Å². The number of ether oxygens (including phenoxy) is 1. The summed E-state index contributed by atoms with van der Waals surface area (Å²) in [6.07, 6.45) is -4.83. The van der Waals surface area contributed by atoms with Gasteiger partial charge < -0.3 is 9.15 Å². The highest BCUT2D eigenvalue weighted by atomic mass is 32.2. The average molecular weight is 406 g/mol. The van der Waals surface area contributed by atoms with E-state index in [2.05, 4.69) is 14.9 Å².